The van der Waals surface area contributed by atoms with Gasteiger partial charge in [-0.2, -0.15) is 0 Å². The van der Waals surface area contributed by atoms with Gasteiger partial charge in [0.05, 0.1) is 6.04 Å². The molecule has 1 amide bonds. The van der Waals surface area contributed by atoms with Crippen molar-refractivity contribution in [2.45, 2.75) is 71.4 Å². The molecule has 4 atom stereocenters. The van der Waals surface area contributed by atoms with E-state index in [1.807, 2.05) is 0 Å². The Morgan fingerprint density at radius 1 is 1.38 bits per heavy atom. The zero-order valence-electron chi connectivity index (χ0n) is 13.4. The number of allylic oxidation sites excluding steroid dienone is 1. The lowest BCUT2D eigenvalue weighted by Crippen LogP contribution is -2.42. The molecule has 2 aliphatic rings. The van der Waals surface area contributed by atoms with Crippen LogP contribution in [0.4, 0.5) is 4.79 Å². The number of nitrogens with one attached hydrogen (secondary N) is 1. The van der Waals surface area contributed by atoms with Gasteiger partial charge in [-0.15, -0.1) is 0 Å². The van der Waals surface area contributed by atoms with Crippen molar-refractivity contribution in [1.82, 2.24) is 5.32 Å². The molecule has 0 spiro atoms. The van der Waals surface area contributed by atoms with Gasteiger partial charge < -0.3 is 10.1 Å². The van der Waals surface area contributed by atoms with Gasteiger partial charge in [-0.05, 0) is 49.9 Å². The highest BCUT2D eigenvalue weighted by Gasteiger charge is 2.33. The highest BCUT2D eigenvalue weighted by molar-refractivity contribution is 9.11. The third-order valence-electron chi connectivity index (χ3n) is 4.88. The number of carbonyl (C=O) groups excluding carboxylic acids is 1. The minimum absolute atomic E-state index is 0.0695. The van der Waals surface area contributed by atoms with Gasteiger partial charge in [0.1, 0.15) is 6.10 Å². The van der Waals surface area contributed by atoms with Gasteiger partial charge in [-0.1, -0.05) is 49.2 Å². The molecule has 2 rings (SSSR count). The molecule has 4 heteroatoms. The predicted octanol–water partition coefficient (Wildman–Crippen LogP) is 5.00. The molecule has 1 saturated carbocycles. The van der Waals surface area contributed by atoms with Crippen LogP contribution in [0.25, 0.3) is 0 Å². The number of hydrogen-bond acceptors (Lipinski definition) is 2. The fourth-order valence-electron chi connectivity index (χ4n) is 3.55. The van der Waals surface area contributed by atoms with Crippen LogP contribution in [0.2, 0.25) is 0 Å². The van der Waals surface area contributed by atoms with Crippen LogP contribution in [-0.4, -0.2) is 18.2 Å². The Balaban J connectivity index is 1.90. The van der Waals surface area contributed by atoms with Crippen molar-refractivity contribution >= 4 is 22.0 Å². The molecule has 120 valence electrons. The number of halogens is 1. The minimum Gasteiger partial charge on any atom is -0.446 e. The molecule has 0 saturated heterocycles. The van der Waals surface area contributed by atoms with E-state index in [4.69, 9.17) is 4.74 Å². The number of amides is 1. The predicted molar refractivity (Wildman–Crippen MR) is 89.4 cm³/mol. The maximum atomic E-state index is 12.2. The van der Waals surface area contributed by atoms with Crippen LogP contribution in [-0.2, 0) is 4.74 Å². The molecule has 0 bridgehead atoms. The lowest BCUT2D eigenvalue weighted by Gasteiger charge is -2.37. The highest BCUT2D eigenvalue weighted by atomic mass is 79.9. The van der Waals surface area contributed by atoms with E-state index in [9.17, 15) is 4.79 Å². The van der Waals surface area contributed by atoms with Crippen LogP contribution in [0.5, 0.6) is 0 Å². The largest absolute Gasteiger partial charge is 0.446 e. The molecular weight excluding hydrogens is 330 g/mol. The first-order valence-electron chi connectivity index (χ1n) is 8.30. The molecule has 1 fully saturated rings. The first kappa shape index (κ1) is 16.9. The van der Waals surface area contributed by atoms with Crippen LogP contribution in [0.15, 0.2) is 10.6 Å². The number of ether oxygens (including phenoxy) is 1. The number of carbonyl (C=O) groups is 1. The van der Waals surface area contributed by atoms with Gasteiger partial charge in [0.25, 0.3) is 0 Å². The van der Waals surface area contributed by atoms with Crippen molar-refractivity contribution in [2.75, 3.05) is 0 Å². The number of rotatable bonds is 3. The highest BCUT2D eigenvalue weighted by Crippen LogP contribution is 2.35. The fourth-order valence-corrected chi connectivity index (χ4v) is 4.12. The smallest absolute Gasteiger partial charge is 0.407 e. The van der Waals surface area contributed by atoms with Gasteiger partial charge in [0.15, 0.2) is 0 Å². The second-order valence-corrected chi connectivity index (χ2v) is 7.90. The van der Waals surface area contributed by atoms with Gasteiger partial charge in [-0.25, -0.2) is 4.79 Å². The average Bonchev–Trinajstić information content (AvgIpc) is 2.41. The van der Waals surface area contributed by atoms with Crippen LogP contribution in [0.1, 0.15) is 59.3 Å². The monoisotopic (exact) mass is 357 g/mol. The van der Waals surface area contributed by atoms with E-state index in [-0.39, 0.29) is 18.2 Å². The van der Waals surface area contributed by atoms with Crippen molar-refractivity contribution in [2.24, 2.45) is 17.8 Å². The minimum atomic E-state index is -0.253. The van der Waals surface area contributed by atoms with E-state index < -0.39 is 0 Å². The summed E-state index contributed by atoms with van der Waals surface area (Å²) in [5.74, 6) is 1.72. The summed E-state index contributed by atoms with van der Waals surface area (Å²) in [5.41, 5.74) is 0. The summed E-state index contributed by atoms with van der Waals surface area (Å²) in [6, 6.07) is 0.0877. The Kier molecular flexibility index (Phi) is 6.15. The van der Waals surface area contributed by atoms with Crippen molar-refractivity contribution < 1.29 is 9.53 Å². The second kappa shape index (κ2) is 7.66. The summed E-state index contributed by atoms with van der Waals surface area (Å²) >= 11 is 3.54. The molecule has 1 N–H and O–H groups in total. The van der Waals surface area contributed by atoms with Crippen molar-refractivity contribution in [3.05, 3.63) is 10.6 Å². The summed E-state index contributed by atoms with van der Waals surface area (Å²) in [4.78, 5) is 12.2. The van der Waals surface area contributed by atoms with E-state index in [0.29, 0.717) is 17.8 Å². The fraction of sp³-hybridized carbons (Fsp3) is 0.824. The van der Waals surface area contributed by atoms with E-state index in [1.165, 1.54) is 12.8 Å². The molecule has 0 unspecified atom stereocenters. The Bertz CT molecular complexity index is 394. The first-order valence-corrected chi connectivity index (χ1v) is 9.09. The van der Waals surface area contributed by atoms with Crippen molar-refractivity contribution in [1.29, 1.82) is 0 Å². The quantitative estimate of drug-likeness (QED) is 0.771. The molecule has 0 heterocycles. The molecule has 3 nitrogen and oxygen atoms in total. The zero-order valence-corrected chi connectivity index (χ0v) is 15.0. The maximum absolute atomic E-state index is 12.2. The van der Waals surface area contributed by atoms with Crippen molar-refractivity contribution in [3.8, 4) is 0 Å². The normalized spacial score (nSPS) is 33.5. The third kappa shape index (κ3) is 4.73. The van der Waals surface area contributed by atoms with Gasteiger partial charge in [0.2, 0.25) is 0 Å². The summed E-state index contributed by atoms with van der Waals surface area (Å²) in [6.07, 6.45) is 8.58. The van der Waals surface area contributed by atoms with Gasteiger partial charge in [0, 0.05) is 4.48 Å². The lowest BCUT2D eigenvalue weighted by atomic mass is 9.75. The standard InChI is InChI=1S/C17H28BrNO2/c1-11(2)13-9-8-12(3)10-16(13)21-17(20)19-15-7-5-4-6-14(15)18/h6,11-13,15-16H,4-5,7-10H2,1-3H3,(H,19,20)/t12-,13+,15-,16-/m1/s1. The molecule has 21 heavy (non-hydrogen) atoms. The van der Waals surface area contributed by atoms with Crippen LogP contribution < -0.4 is 5.32 Å². The topological polar surface area (TPSA) is 38.3 Å². The van der Waals surface area contributed by atoms with E-state index in [1.54, 1.807) is 0 Å². The Morgan fingerprint density at radius 2 is 2.14 bits per heavy atom. The molecule has 0 aliphatic heterocycles. The van der Waals surface area contributed by atoms with E-state index in [2.05, 4.69) is 48.1 Å². The Labute approximate surface area is 137 Å². The summed E-state index contributed by atoms with van der Waals surface area (Å²) in [6.45, 7) is 6.72. The molecule has 0 aromatic rings. The molecule has 0 radical (unpaired) electrons. The van der Waals surface area contributed by atoms with Crippen molar-refractivity contribution in [3.63, 3.8) is 0 Å². The summed E-state index contributed by atoms with van der Waals surface area (Å²) in [7, 11) is 0. The van der Waals surface area contributed by atoms with Crippen LogP contribution in [0, 0.1) is 17.8 Å². The molecule has 0 aromatic heterocycles. The Morgan fingerprint density at radius 3 is 2.81 bits per heavy atom. The molecular formula is C17H28BrNO2. The van der Waals surface area contributed by atoms with Crippen LogP contribution in [0.3, 0.4) is 0 Å². The lowest BCUT2D eigenvalue weighted by molar-refractivity contribution is 0.00534. The van der Waals surface area contributed by atoms with Gasteiger partial charge >= 0.3 is 6.09 Å². The number of hydrogen-bond donors (Lipinski definition) is 1. The molecule has 2 aliphatic carbocycles. The maximum Gasteiger partial charge on any atom is 0.407 e. The van der Waals surface area contributed by atoms with E-state index >= 15 is 0 Å². The van der Waals surface area contributed by atoms with E-state index in [0.717, 1.165) is 30.2 Å². The Hall–Kier alpha value is -0.510. The number of alkyl carbamates (subject to hydrolysis) is 1. The van der Waals surface area contributed by atoms with Crippen LogP contribution >= 0.6 is 15.9 Å². The summed E-state index contributed by atoms with van der Waals surface area (Å²) < 4.78 is 6.87. The second-order valence-electron chi connectivity index (χ2n) is 6.99. The molecule has 0 aromatic carbocycles. The first-order chi connectivity index (χ1) is 9.97. The third-order valence-corrected chi connectivity index (χ3v) is 5.76. The summed E-state index contributed by atoms with van der Waals surface area (Å²) in [5, 5.41) is 3.01. The zero-order chi connectivity index (χ0) is 15.4. The SMILES string of the molecule is CC(C)[C@@H]1CC[C@@H](C)C[C@H]1OC(=O)N[C@@H]1CCCC=C1Br. The van der Waals surface area contributed by atoms with Gasteiger partial charge in [-0.3, -0.25) is 0 Å². The average molecular weight is 358 g/mol.